The molecule has 2 aromatic rings. The average molecular weight is 368 g/mol. The maximum absolute atomic E-state index is 13.3. The molecule has 2 heterocycles. The number of alkyl halides is 3. The molecule has 2 atom stereocenters. The van der Waals surface area contributed by atoms with Crippen LogP contribution in [0.5, 0.6) is 0 Å². The molecule has 2 unspecified atom stereocenters. The molecule has 2 N–H and O–H groups in total. The zero-order chi connectivity index (χ0) is 19.1. The molecule has 1 aromatic carbocycles. The first-order valence-electron chi connectivity index (χ1n) is 8.79. The van der Waals surface area contributed by atoms with Crippen LogP contribution in [-0.2, 0) is 6.18 Å². The highest BCUT2D eigenvalue weighted by atomic mass is 19.4. The van der Waals surface area contributed by atoms with Gasteiger partial charge in [0, 0.05) is 24.2 Å². The van der Waals surface area contributed by atoms with E-state index in [1.165, 1.54) is 12.1 Å². The molecule has 3 rings (SSSR count). The van der Waals surface area contributed by atoms with Gasteiger partial charge in [-0.05, 0) is 50.9 Å². The van der Waals surface area contributed by atoms with Crippen molar-refractivity contribution in [1.82, 2.24) is 20.2 Å². The van der Waals surface area contributed by atoms with Crippen LogP contribution >= 0.6 is 0 Å². The van der Waals surface area contributed by atoms with Crippen LogP contribution in [-0.4, -0.2) is 34.6 Å². The van der Waals surface area contributed by atoms with Crippen LogP contribution in [0.4, 0.5) is 13.2 Å². The second kappa shape index (κ2) is 6.90. The van der Waals surface area contributed by atoms with E-state index in [9.17, 15) is 18.0 Å². The van der Waals surface area contributed by atoms with E-state index in [0.29, 0.717) is 23.5 Å². The number of nitrogens with zero attached hydrogens (tertiary/aromatic N) is 2. The molecule has 26 heavy (non-hydrogen) atoms. The quantitative estimate of drug-likeness (QED) is 0.873. The minimum absolute atomic E-state index is 0.00547. The second-order valence-corrected chi connectivity index (χ2v) is 7.15. The van der Waals surface area contributed by atoms with Crippen LogP contribution in [0.25, 0.3) is 11.0 Å². The van der Waals surface area contributed by atoms with Gasteiger partial charge in [0.05, 0.1) is 11.0 Å². The minimum Gasteiger partial charge on any atom is -0.348 e. The van der Waals surface area contributed by atoms with Gasteiger partial charge < -0.3 is 15.2 Å². The number of nitrogens with one attached hydrogen (secondary N) is 2. The third kappa shape index (κ3) is 3.56. The van der Waals surface area contributed by atoms with Gasteiger partial charge in [0.25, 0.3) is 5.91 Å². The SMILES string of the molecule is CC1CCNCC1NC(=O)c1ccc2c(c1)nc(C(F)(F)F)n2C(C)C. The number of fused-ring (bicyclic) bond motifs is 1. The molecule has 0 bridgehead atoms. The number of benzene rings is 1. The number of piperidine rings is 1. The Morgan fingerprint density at radius 2 is 2.12 bits per heavy atom. The highest BCUT2D eigenvalue weighted by Crippen LogP contribution is 2.34. The maximum Gasteiger partial charge on any atom is 0.449 e. The number of amides is 1. The van der Waals surface area contributed by atoms with Crippen molar-refractivity contribution in [3.05, 3.63) is 29.6 Å². The average Bonchev–Trinajstić information content (AvgIpc) is 2.96. The lowest BCUT2D eigenvalue weighted by Gasteiger charge is -2.30. The van der Waals surface area contributed by atoms with Crippen LogP contribution in [0.3, 0.4) is 0 Å². The van der Waals surface area contributed by atoms with Crippen molar-refractivity contribution in [3.63, 3.8) is 0 Å². The molecule has 1 saturated heterocycles. The third-order valence-corrected chi connectivity index (χ3v) is 4.87. The summed E-state index contributed by atoms with van der Waals surface area (Å²) < 4.78 is 41.0. The molecule has 0 spiro atoms. The van der Waals surface area contributed by atoms with Crippen LogP contribution in [0, 0.1) is 5.92 Å². The standard InChI is InChI=1S/C18H23F3N4O/c1-10(2)25-15-5-4-12(8-13(15)24-17(25)18(19,20)21)16(26)23-14-9-22-7-6-11(14)3/h4-5,8,10-11,14,22H,6-7,9H2,1-3H3,(H,23,26). The van der Waals surface area contributed by atoms with Gasteiger partial charge in [-0.2, -0.15) is 13.2 Å². The van der Waals surface area contributed by atoms with Crippen LogP contribution < -0.4 is 10.6 Å². The summed E-state index contributed by atoms with van der Waals surface area (Å²) in [4.78, 5) is 16.3. The number of hydrogen-bond donors (Lipinski definition) is 2. The summed E-state index contributed by atoms with van der Waals surface area (Å²) in [5.74, 6) is -0.883. The molecule has 1 fully saturated rings. The molecule has 1 aliphatic heterocycles. The highest BCUT2D eigenvalue weighted by Gasteiger charge is 2.38. The van der Waals surface area contributed by atoms with E-state index in [2.05, 4.69) is 22.5 Å². The van der Waals surface area contributed by atoms with Crippen LogP contribution in [0.15, 0.2) is 18.2 Å². The highest BCUT2D eigenvalue weighted by molar-refractivity contribution is 5.97. The van der Waals surface area contributed by atoms with Crippen molar-refractivity contribution in [2.45, 2.75) is 45.5 Å². The monoisotopic (exact) mass is 368 g/mol. The summed E-state index contributed by atoms with van der Waals surface area (Å²) in [7, 11) is 0. The third-order valence-electron chi connectivity index (χ3n) is 4.87. The predicted octanol–water partition coefficient (Wildman–Crippen LogP) is 3.36. The Morgan fingerprint density at radius 3 is 2.73 bits per heavy atom. The lowest BCUT2D eigenvalue weighted by Crippen LogP contribution is -2.50. The van der Waals surface area contributed by atoms with Gasteiger partial charge in [0.2, 0.25) is 5.82 Å². The summed E-state index contributed by atoms with van der Waals surface area (Å²) in [5, 5.41) is 6.20. The van der Waals surface area contributed by atoms with E-state index < -0.39 is 18.0 Å². The van der Waals surface area contributed by atoms with Crippen molar-refractivity contribution >= 4 is 16.9 Å². The lowest BCUT2D eigenvalue weighted by atomic mass is 9.94. The fourth-order valence-electron chi connectivity index (χ4n) is 3.40. The Labute approximate surface area is 150 Å². The van der Waals surface area contributed by atoms with Crippen molar-refractivity contribution in [2.24, 2.45) is 5.92 Å². The Kier molecular flexibility index (Phi) is 4.96. The van der Waals surface area contributed by atoms with E-state index >= 15 is 0 Å². The van der Waals surface area contributed by atoms with Crippen molar-refractivity contribution in [2.75, 3.05) is 13.1 Å². The smallest absolute Gasteiger partial charge is 0.348 e. The number of halogens is 3. The van der Waals surface area contributed by atoms with E-state index in [-0.39, 0.29) is 17.5 Å². The largest absolute Gasteiger partial charge is 0.449 e. The molecule has 5 nitrogen and oxygen atoms in total. The van der Waals surface area contributed by atoms with E-state index in [0.717, 1.165) is 17.5 Å². The molecule has 8 heteroatoms. The molecule has 1 amide bonds. The van der Waals surface area contributed by atoms with Crippen molar-refractivity contribution in [1.29, 1.82) is 0 Å². The Morgan fingerprint density at radius 1 is 1.38 bits per heavy atom. The van der Waals surface area contributed by atoms with Crippen molar-refractivity contribution in [3.8, 4) is 0 Å². The zero-order valence-electron chi connectivity index (χ0n) is 15.0. The van der Waals surface area contributed by atoms with Gasteiger partial charge in [-0.3, -0.25) is 4.79 Å². The van der Waals surface area contributed by atoms with Crippen LogP contribution in [0.1, 0.15) is 49.4 Å². The lowest BCUT2D eigenvalue weighted by molar-refractivity contribution is -0.147. The summed E-state index contributed by atoms with van der Waals surface area (Å²) in [6.45, 7) is 7.04. The number of aromatic nitrogens is 2. The molecule has 1 aromatic heterocycles. The molecule has 0 saturated carbocycles. The summed E-state index contributed by atoms with van der Waals surface area (Å²) in [6.07, 6.45) is -3.58. The normalized spacial score (nSPS) is 21.3. The number of carbonyl (C=O) groups is 1. The van der Waals surface area contributed by atoms with Gasteiger partial charge in [-0.15, -0.1) is 0 Å². The number of rotatable bonds is 3. The fraction of sp³-hybridized carbons (Fsp3) is 0.556. The summed E-state index contributed by atoms with van der Waals surface area (Å²) >= 11 is 0. The molecular formula is C18H23F3N4O. The van der Waals surface area contributed by atoms with E-state index in [1.807, 2.05) is 0 Å². The topological polar surface area (TPSA) is 58.9 Å². The Balaban J connectivity index is 1.93. The van der Waals surface area contributed by atoms with E-state index in [1.54, 1.807) is 19.9 Å². The number of carbonyl (C=O) groups excluding carboxylic acids is 1. The number of hydrogen-bond acceptors (Lipinski definition) is 3. The van der Waals surface area contributed by atoms with Gasteiger partial charge in [0.1, 0.15) is 0 Å². The molecule has 1 aliphatic rings. The predicted molar refractivity (Wildman–Crippen MR) is 93.0 cm³/mol. The van der Waals surface area contributed by atoms with E-state index in [4.69, 9.17) is 0 Å². The Hall–Kier alpha value is -2.09. The van der Waals surface area contributed by atoms with Gasteiger partial charge >= 0.3 is 6.18 Å². The Bertz CT molecular complexity index is 813. The first kappa shape index (κ1) is 18.7. The maximum atomic E-state index is 13.3. The first-order chi connectivity index (χ1) is 12.2. The number of imidazole rings is 1. The minimum atomic E-state index is -4.55. The molecule has 0 radical (unpaired) electrons. The summed E-state index contributed by atoms with van der Waals surface area (Å²) in [5.41, 5.74) is 0.863. The van der Waals surface area contributed by atoms with Gasteiger partial charge in [0.15, 0.2) is 0 Å². The van der Waals surface area contributed by atoms with Gasteiger partial charge in [-0.1, -0.05) is 6.92 Å². The van der Waals surface area contributed by atoms with Gasteiger partial charge in [-0.25, -0.2) is 4.98 Å². The molecule has 0 aliphatic carbocycles. The zero-order valence-corrected chi connectivity index (χ0v) is 15.0. The molecular weight excluding hydrogens is 345 g/mol. The first-order valence-corrected chi connectivity index (χ1v) is 8.79. The van der Waals surface area contributed by atoms with Crippen LogP contribution in [0.2, 0.25) is 0 Å². The van der Waals surface area contributed by atoms with Crippen molar-refractivity contribution < 1.29 is 18.0 Å². The second-order valence-electron chi connectivity index (χ2n) is 7.15. The summed E-state index contributed by atoms with van der Waals surface area (Å²) in [6, 6.07) is 4.13. The molecule has 142 valence electrons. The fourth-order valence-corrected chi connectivity index (χ4v) is 3.40.